The van der Waals surface area contributed by atoms with E-state index in [0.29, 0.717) is 11.7 Å². The molecule has 2 aliphatic rings. The molecule has 21 heavy (non-hydrogen) atoms. The van der Waals surface area contributed by atoms with Crippen molar-refractivity contribution in [2.75, 3.05) is 19.3 Å². The summed E-state index contributed by atoms with van der Waals surface area (Å²) in [6, 6.07) is 0.351. The van der Waals surface area contributed by atoms with E-state index in [-0.39, 0.29) is 30.6 Å². The third kappa shape index (κ3) is 4.26. The lowest BCUT2D eigenvalue weighted by Gasteiger charge is -2.17. The number of hydrogen-bond donors (Lipinski definition) is 3. The fourth-order valence-electron chi connectivity index (χ4n) is 2.75. The van der Waals surface area contributed by atoms with Crippen LogP contribution < -0.4 is 10.6 Å². The molecule has 0 bridgehead atoms. The van der Waals surface area contributed by atoms with Gasteiger partial charge in [0.25, 0.3) is 0 Å². The zero-order valence-electron chi connectivity index (χ0n) is 12.0. The second-order valence-corrected chi connectivity index (χ2v) is 6.78. The largest absolute Gasteiger partial charge is 0.480 e. The first-order chi connectivity index (χ1) is 9.97. The lowest BCUT2D eigenvalue weighted by Crippen LogP contribution is -2.36. The number of carboxylic acids is 1. The number of thioether (sulfide) groups is 1. The van der Waals surface area contributed by atoms with E-state index < -0.39 is 5.97 Å². The Morgan fingerprint density at radius 1 is 1.38 bits per heavy atom. The number of urea groups is 1. The van der Waals surface area contributed by atoms with Gasteiger partial charge in [-0.25, -0.2) is 4.79 Å². The number of unbranched alkanes of at least 4 members (excludes halogenated alkanes) is 1. The molecule has 2 fully saturated rings. The monoisotopic (exact) mass is 315 g/mol. The molecular weight excluding hydrogens is 294 g/mol. The van der Waals surface area contributed by atoms with E-state index in [1.807, 2.05) is 11.8 Å². The lowest BCUT2D eigenvalue weighted by atomic mass is 10.0. The van der Waals surface area contributed by atoms with Gasteiger partial charge in [0.05, 0.1) is 12.1 Å². The van der Waals surface area contributed by atoms with Crippen LogP contribution in [-0.2, 0) is 9.59 Å². The van der Waals surface area contributed by atoms with Crippen LogP contribution in [0.1, 0.15) is 25.7 Å². The maximum Gasteiger partial charge on any atom is 0.323 e. The number of aliphatic carboxylic acids is 1. The Morgan fingerprint density at radius 3 is 2.86 bits per heavy atom. The minimum atomic E-state index is -0.997. The maximum absolute atomic E-state index is 11.7. The molecule has 8 heteroatoms. The maximum atomic E-state index is 11.7. The van der Waals surface area contributed by atoms with Gasteiger partial charge in [-0.15, -0.1) is 0 Å². The van der Waals surface area contributed by atoms with Crippen LogP contribution in [0.3, 0.4) is 0 Å². The van der Waals surface area contributed by atoms with Gasteiger partial charge in [-0.3, -0.25) is 9.59 Å². The van der Waals surface area contributed by atoms with Gasteiger partial charge in [0, 0.05) is 24.5 Å². The van der Waals surface area contributed by atoms with Crippen molar-refractivity contribution in [2.45, 2.75) is 43.0 Å². The van der Waals surface area contributed by atoms with Gasteiger partial charge >= 0.3 is 12.0 Å². The first-order valence-corrected chi connectivity index (χ1v) is 8.16. The molecule has 0 radical (unpaired) electrons. The first-order valence-electron chi connectivity index (χ1n) is 7.12. The Bertz CT molecular complexity index is 432. The number of carbonyl (C=O) groups is 3. The van der Waals surface area contributed by atoms with Crippen molar-refractivity contribution in [2.24, 2.45) is 0 Å². The quantitative estimate of drug-likeness (QED) is 0.462. The van der Waals surface area contributed by atoms with Gasteiger partial charge in [-0.05, 0) is 12.8 Å². The molecule has 0 aromatic rings. The number of likely N-dealkylation sites (N-methyl/N-ethyl adjacent to an activating group) is 1. The molecule has 7 nitrogen and oxygen atoms in total. The molecule has 3 atom stereocenters. The summed E-state index contributed by atoms with van der Waals surface area (Å²) in [5.41, 5.74) is 0. The molecule has 3 amide bonds. The van der Waals surface area contributed by atoms with Crippen LogP contribution >= 0.6 is 11.8 Å². The van der Waals surface area contributed by atoms with Gasteiger partial charge in [-0.1, -0.05) is 6.42 Å². The second-order valence-electron chi connectivity index (χ2n) is 5.51. The molecule has 2 rings (SSSR count). The molecule has 0 aromatic carbocycles. The standard InChI is InChI=1S/C13H21N3O4S/c1-16(6-11(18)19)10(17)5-3-2-4-9-12-8(7-21-9)14-13(20)15-12/h8-9,12H,2-7H2,1H3,(H,18,19)(H2,14,15,20)/t8-,9-,12-/m0/s1. The zero-order chi connectivity index (χ0) is 15.4. The van der Waals surface area contributed by atoms with Gasteiger partial charge in [0.15, 0.2) is 0 Å². The van der Waals surface area contributed by atoms with Crippen LogP contribution in [0, 0.1) is 0 Å². The van der Waals surface area contributed by atoms with Crippen LogP contribution in [0.4, 0.5) is 4.79 Å². The van der Waals surface area contributed by atoms with E-state index in [1.165, 1.54) is 11.9 Å². The van der Waals surface area contributed by atoms with Crippen LogP contribution in [0.5, 0.6) is 0 Å². The van der Waals surface area contributed by atoms with Gasteiger partial charge in [0.2, 0.25) is 5.91 Å². The molecule has 118 valence electrons. The Hall–Kier alpha value is -1.44. The Morgan fingerprint density at radius 2 is 2.14 bits per heavy atom. The minimum absolute atomic E-state index is 0.0826. The van der Waals surface area contributed by atoms with E-state index >= 15 is 0 Å². The van der Waals surface area contributed by atoms with Crippen molar-refractivity contribution in [3.63, 3.8) is 0 Å². The highest BCUT2D eigenvalue weighted by molar-refractivity contribution is 8.00. The van der Waals surface area contributed by atoms with Crippen LogP contribution in [-0.4, -0.2) is 64.6 Å². The van der Waals surface area contributed by atoms with Crippen LogP contribution in [0.2, 0.25) is 0 Å². The molecule has 0 spiro atoms. The number of amides is 3. The van der Waals surface area contributed by atoms with Gasteiger partial charge in [0.1, 0.15) is 6.54 Å². The van der Waals surface area contributed by atoms with E-state index in [9.17, 15) is 14.4 Å². The van der Waals surface area contributed by atoms with Crippen LogP contribution in [0.25, 0.3) is 0 Å². The smallest absolute Gasteiger partial charge is 0.323 e. The Kier molecular flexibility index (Phi) is 5.33. The topological polar surface area (TPSA) is 98.7 Å². The average molecular weight is 315 g/mol. The molecular formula is C13H21N3O4S. The number of hydrogen-bond acceptors (Lipinski definition) is 4. The van der Waals surface area contributed by atoms with Crippen molar-refractivity contribution in [1.29, 1.82) is 0 Å². The summed E-state index contributed by atoms with van der Waals surface area (Å²) < 4.78 is 0. The lowest BCUT2D eigenvalue weighted by molar-refractivity contribution is -0.143. The third-order valence-corrected chi connectivity index (χ3v) is 5.37. The van der Waals surface area contributed by atoms with Gasteiger partial charge in [-0.2, -0.15) is 11.8 Å². The average Bonchev–Trinajstić information content (AvgIpc) is 2.93. The second kappa shape index (κ2) is 7.02. The SMILES string of the molecule is CN(CC(=O)O)C(=O)CCCC[C@@H]1SC[C@@H]2NC(=O)N[C@@H]21. The molecule has 2 aliphatic heterocycles. The Labute approximate surface area is 127 Å². The van der Waals surface area contributed by atoms with E-state index in [0.717, 1.165) is 25.0 Å². The summed E-state index contributed by atoms with van der Waals surface area (Å²) in [6.45, 7) is -0.251. The number of carbonyl (C=O) groups excluding carboxylic acids is 2. The molecule has 2 heterocycles. The number of fused-ring (bicyclic) bond motifs is 1. The van der Waals surface area contributed by atoms with Gasteiger partial charge < -0.3 is 20.6 Å². The highest BCUT2D eigenvalue weighted by Gasteiger charge is 2.42. The minimum Gasteiger partial charge on any atom is -0.480 e. The van der Waals surface area contributed by atoms with Crippen molar-refractivity contribution < 1.29 is 19.5 Å². The van der Waals surface area contributed by atoms with E-state index in [1.54, 1.807) is 0 Å². The van der Waals surface area contributed by atoms with Crippen molar-refractivity contribution in [3.8, 4) is 0 Å². The summed E-state index contributed by atoms with van der Waals surface area (Å²) in [6.07, 6.45) is 2.99. The normalized spacial score (nSPS) is 26.9. The predicted molar refractivity (Wildman–Crippen MR) is 79.2 cm³/mol. The summed E-state index contributed by atoms with van der Waals surface area (Å²) in [5, 5.41) is 14.9. The molecule has 0 saturated carbocycles. The summed E-state index contributed by atoms with van der Waals surface area (Å²) in [7, 11) is 1.51. The van der Waals surface area contributed by atoms with Crippen molar-refractivity contribution in [3.05, 3.63) is 0 Å². The zero-order valence-corrected chi connectivity index (χ0v) is 12.8. The molecule has 0 unspecified atom stereocenters. The number of carboxylic acid groups (broad SMARTS) is 1. The summed E-state index contributed by atoms with van der Waals surface area (Å²) in [5.74, 6) is -0.192. The predicted octanol–water partition coefficient (Wildman–Crippen LogP) is 0.255. The van der Waals surface area contributed by atoms with Crippen molar-refractivity contribution >= 4 is 29.7 Å². The highest BCUT2D eigenvalue weighted by atomic mass is 32.2. The number of nitrogens with zero attached hydrogens (tertiary/aromatic N) is 1. The third-order valence-electron chi connectivity index (χ3n) is 3.87. The summed E-state index contributed by atoms with van der Waals surface area (Å²) >= 11 is 1.86. The number of rotatable bonds is 7. The fourth-order valence-corrected chi connectivity index (χ4v) is 4.29. The van der Waals surface area contributed by atoms with E-state index in [4.69, 9.17) is 5.11 Å². The fraction of sp³-hybridized carbons (Fsp3) is 0.769. The molecule has 2 saturated heterocycles. The molecule has 0 aromatic heterocycles. The van der Waals surface area contributed by atoms with Crippen LogP contribution in [0.15, 0.2) is 0 Å². The molecule has 3 N–H and O–H groups in total. The Balaban J connectivity index is 1.63. The highest BCUT2D eigenvalue weighted by Crippen LogP contribution is 2.33. The molecule has 0 aliphatic carbocycles. The number of nitrogens with one attached hydrogen (secondary N) is 2. The van der Waals surface area contributed by atoms with E-state index in [2.05, 4.69) is 10.6 Å². The van der Waals surface area contributed by atoms with Crippen molar-refractivity contribution in [1.82, 2.24) is 15.5 Å². The first kappa shape index (κ1) is 15.9. The summed E-state index contributed by atoms with van der Waals surface area (Å²) in [4.78, 5) is 34.7.